The Morgan fingerprint density at radius 1 is 1.57 bits per heavy atom. The highest BCUT2D eigenvalue weighted by molar-refractivity contribution is 9.10. The van der Waals surface area contributed by atoms with Crippen LogP contribution < -0.4 is 0 Å². The lowest BCUT2D eigenvalue weighted by Gasteiger charge is -2.04. The molecule has 1 aromatic rings. The number of nitrogens with zero attached hydrogens (tertiary/aromatic N) is 1. The number of halogens is 5. The Kier molecular flexibility index (Phi) is 3.80. The Morgan fingerprint density at radius 3 is 2.57 bits per heavy atom. The van der Waals surface area contributed by atoms with Crippen molar-refractivity contribution in [3.05, 3.63) is 26.9 Å². The third kappa shape index (κ3) is 2.40. The predicted octanol–water partition coefficient (Wildman–Crippen LogP) is 3.81. The van der Waals surface area contributed by atoms with Crippen LogP contribution in [-0.4, -0.2) is 10.2 Å². The highest BCUT2D eigenvalue weighted by Crippen LogP contribution is 2.29. The zero-order valence-corrected chi connectivity index (χ0v) is 9.50. The Balaban J connectivity index is 3.35. The first kappa shape index (κ1) is 11.8. The average molecular weight is 305 g/mol. The van der Waals surface area contributed by atoms with Gasteiger partial charge in [0.2, 0.25) is 0 Å². The smallest absolute Gasteiger partial charge is 0.276 e. The normalized spacial score (nSPS) is 10.7. The predicted molar refractivity (Wildman–Crippen MR) is 52.1 cm³/mol. The summed E-state index contributed by atoms with van der Waals surface area (Å²) in [5.41, 5.74) is -0.704. The van der Waals surface area contributed by atoms with Crippen molar-refractivity contribution in [1.82, 2.24) is 4.98 Å². The lowest BCUT2D eigenvalue weighted by molar-refractivity contribution is 0.107. The van der Waals surface area contributed by atoms with Crippen LogP contribution in [0.3, 0.4) is 0 Å². The molecule has 76 valence electrons. The van der Waals surface area contributed by atoms with Crippen molar-refractivity contribution in [3.63, 3.8) is 0 Å². The van der Waals surface area contributed by atoms with Crippen molar-refractivity contribution in [1.29, 1.82) is 0 Å². The quantitative estimate of drug-likeness (QED) is 0.614. The van der Waals surface area contributed by atoms with Gasteiger partial charge in [-0.25, -0.2) is 13.8 Å². The molecule has 0 saturated heterocycles. The molecule has 1 rings (SSSR count). The highest BCUT2D eigenvalue weighted by atomic mass is 79.9. The Bertz CT molecular complexity index is 386. The van der Waals surface area contributed by atoms with Crippen molar-refractivity contribution < 1.29 is 13.6 Å². The molecule has 0 spiro atoms. The summed E-state index contributed by atoms with van der Waals surface area (Å²) in [6, 6.07) is 0.899. The van der Waals surface area contributed by atoms with E-state index in [0.29, 0.717) is 0 Å². The van der Waals surface area contributed by atoms with Crippen molar-refractivity contribution in [2.45, 2.75) is 6.43 Å². The molecule has 0 unspecified atom stereocenters. The van der Waals surface area contributed by atoms with Crippen molar-refractivity contribution in [2.75, 3.05) is 0 Å². The molecule has 1 aromatic heterocycles. The number of aromatic nitrogens is 1. The second-order valence-corrected chi connectivity index (χ2v) is 3.77. The molecule has 0 N–H and O–H groups in total. The zero-order chi connectivity index (χ0) is 10.9. The minimum atomic E-state index is -2.80. The molecular weight excluding hydrogens is 303 g/mol. The van der Waals surface area contributed by atoms with E-state index in [1.54, 1.807) is 0 Å². The summed E-state index contributed by atoms with van der Waals surface area (Å²) in [4.78, 5) is 14.2. The van der Waals surface area contributed by atoms with Gasteiger partial charge in [-0.15, -0.1) is 0 Å². The number of alkyl halides is 2. The van der Waals surface area contributed by atoms with E-state index < -0.39 is 17.4 Å². The molecule has 0 aliphatic rings. The molecular formula is C7H2BrCl2F2NO. The summed E-state index contributed by atoms with van der Waals surface area (Å²) in [7, 11) is 0. The van der Waals surface area contributed by atoms with Gasteiger partial charge in [0.15, 0.2) is 0 Å². The minimum Gasteiger partial charge on any atom is -0.276 e. The lowest BCUT2D eigenvalue weighted by Crippen LogP contribution is -1.98. The third-order valence-electron chi connectivity index (χ3n) is 1.37. The Hall–Kier alpha value is -0.260. The van der Waals surface area contributed by atoms with Gasteiger partial charge in [0, 0.05) is 0 Å². The molecule has 0 bridgehead atoms. The monoisotopic (exact) mass is 303 g/mol. The number of carbonyl (C=O) groups excluding carboxylic acids is 1. The van der Waals surface area contributed by atoms with E-state index in [1.807, 2.05) is 0 Å². The second-order valence-electron chi connectivity index (χ2n) is 2.27. The molecule has 14 heavy (non-hydrogen) atoms. The highest BCUT2D eigenvalue weighted by Gasteiger charge is 2.18. The van der Waals surface area contributed by atoms with E-state index in [-0.39, 0.29) is 15.2 Å². The van der Waals surface area contributed by atoms with Gasteiger partial charge in [-0.3, -0.25) is 4.79 Å². The fraction of sp³-hybridized carbons (Fsp3) is 0.143. The van der Waals surface area contributed by atoms with Crippen LogP contribution in [0.25, 0.3) is 0 Å². The van der Waals surface area contributed by atoms with Crippen LogP contribution in [0.4, 0.5) is 8.78 Å². The van der Waals surface area contributed by atoms with Gasteiger partial charge in [-0.1, -0.05) is 11.6 Å². The SMILES string of the molecule is O=C(Cl)c1cc(C(F)F)nc(Cl)c1Br. The lowest BCUT2D eigenvalue weighted by atomic mass is 10.2. The number of pyridine rings is 1. The Morgan fingerprint density at radius 2 is 2.14 bits per heavy atom. The summed E-state index contributed by atoms with van der Waals surface area (Å²) in [5, 5.41) is -1.09. The van der Waals surface area contributed by atoms with E-state index in [1.165, 1.54) is 0 Å². The van der Waals surface area contributed by atoms with Crippen LogP contribution in [0.5, 0.6) is 0 Å². The molecule has 0 fully saturated rings. The van der Waals surface area contributed by atoms with E-state index in [2.05, 4.69) is 20.9 Å². The van der Waals surface area contributed by atoms with Crippen molar-refractivity contribution >= 4 is 44.4 Å². The first-order valence-corrected chi connectivity index (χ1v) is 4.82. The summed E-state index contributed by atoms with van der Waals surface area (Å²) < 4.78 is 24.6. The molecule has 0 amide bonds. The van der Waals surface area contributed by atoms with Gasteiger partial charge >= 0.3 is 0 Å². The molecule has 0 aliphatic heterocycles. The standard InChI is InChI=1S/C7H2BrCl2F2NO/c8-4-2(6(10)14)1-3(7(11)12)13-5(4)9/h1,7H. The first-order chi connectivity index (χ1) is 6.43. The number of hydrogen-bond donors (Lipinski definition) is 0. The molecule has 0 atom stereocenters. The van der Waals surface area contributed by atoms with Gasteiger partial charge in [-0.05, 0) is 33.6 Å². The molecule has 1 heterocycles. The molecule has 0 aliphatic carbocycles. The second kappa shape index (κ2) is 4.51. The van der Waals surface area contributed by atoms with Crippen LogP contribution in [0, 0.1) is 0 Å². The molecule has 0 radical (unpaired) electrons. The minimum absolute atomic E-state index is 0.114. The van der Waals surface area contributed by atoms with E-state index >= 15 is 0 Å². The van der Waals surface area contributed by atoms with Gasteiger partial charge in [0.05, 0.1) is 10.0 Å². The molecule has 7 heteroatoms. The maximum absolute atomic E-state index is 12.2. The van der Waals surface area contributed by atoms with Crippen molar-refractivity contribution in [2.24, 2.45) is 0 Å². The fourth-order valence-corrected chi connectivity index (χ4v) is 1.62. The summed E-state index contributed by atoms with van der Waals surface area (Å²) in [5.74, 6) is 0. The van der Waals surface area contributed by atoms with Gasteiger partial charge in [0.25, 0.3) is 11.7 Å². The van der Waals surface area contributed by atoms with E-state index in [4.69, 9.17) is 23.2 Å². The molecule has 0 aromatic carbocycles. The molecule has 2 nitrogen and oxygen atoms in total. The van der Waals surface area contributed by atoms with Gasteiger partial charge in [0.1, 0.15) is 10.8 Å². The molecule has 0 saturated carbocycles. The average Bonchev–Trinajstić information content (AvgIpc) is 2.08. The first-order valence-electron chi connectivity index (χ1n) is 3.27. The van der Waals surface area contributed by atoms with Crippen LogP contribution in [0.1, 0.15) is 22.5 Å². The number of rotatable bonds is 2. The maximum Gasteiger partial charge on any atom is 0.280 e. The zero-order valence-electron chi connectivity index (χ0n) is 6.40. The fourth-order valence-electron chi connectivity index (χ4n) is 0.772. The van der Waals surface area contributed by atoms with Gasteiger partial charge < -0.3 is 0 Å². The Labute approximate surface area is 96.3 Å². The summed E-state index contributed by atoms with van der Waals surface area (Å²) >= 11 is 13.6. The maximum atomic E-state index is 12.2. The summed E-state index contributed by atoms with van der Waals surface area (Å²) in [6.45, 7) is 0. The van der Waals surface area contributed by atoms with E-state index in [9.17, 15) is 13.6 Å². The third-order valence-corrected chi connectivity index (χ3v) is 2.88. The topological polar surface area (TPSA) is 30.0 Å². The van der Waals surface area contributed by atoms with Crippen LogP contribution in [-0.2, 0) is 0 Å². The van der Waals surface area contributed by atoms with Gasteiger partial charge in [-0.2, -0.15) is 0 Å². The van der Waals surface area contributed by atoms with Crippen LogP contribution >= 0.6 is 39.1 Å². The number of carbonyl (C=O) groups is 1. The summed E-state index contributed by atoms with van der Waals surface area (Å²) in [6.07, 6.45) is -2.80. The van der Waals surface area contributed by atoms with E-state index in [0.717, 1.165) is 6.07 Å². The largest absolute Gasteiger partial charge is 0.280 e. The van der Waals surface area contributed by atoms with Crippen molar-refractivity contribution in [3.8, 4) is 0 Å². The number of hydrogen-bond acceptors (Lipinski definition) is 2. The van der Waals surface area contributed by atoms with Crippen LogP contribution in [0.2, 0.25) is 5.15 Å². The van der Waals surface area contributed by atoms with Crippen LogP contribution in [0.15, 0.2) is 10.5 Å².